The lowest BCUT2D eigenvalue weighted by molar-refractivity contribution is -0.136. The van der Waals surface area contributed by atoms with Crippen molar-refractivity contribution < 1.29 is 14.3 Å². The van der Waals surface area contributed by atoms with Crippen molar-refractivity contribution in [2.75, 3.05) is 25.1 Å². The van der Waals surface area contributed by atoms with E-state index >= 15 is 0 Å². The van der Waals surface area contributed by atoms with E-state index in [4.69, 9.17) is 14.5 Å². The molecule has 3 aliphatic rings. The van der Waals surface area contributed by atoms with E-state index in [-0.39, 0.29) is 12.0 Å². The number of carbonyl (C=O) groups excluding carboxylic acids is 1. The fourth-order valence-electron chi connectivity index (χ4n) is 5.26. The summed E-state index contributed by atoms with van der Waals surface area (Å²) in [6, 6.07) is 5.97. The van der Waals surface area contributed by atoms with Crippen LogP contribution in [0.3, 0.4) is 0 Å². The van der Waals surface area contributed by atoms with Crippen LogP contribution in [0.2, 0.25) is 0 Å². The minimum atomic E-state index is 0.177. The summed E-state index contributed by atoms with van der Waals surface area (Å²) in [7, 11) is 1.61. The topological polar surface area (TPSA) is 67.8 Å². The van der Waals surface area contributed by atoms with Crippen molar-refractivity contribution in [2.45, 2.75) is 64.6 Å². The van der Waals surface area contributed by atoms with Crippen LogP contribution >= 0.6 is 0 Å². The van der Waals surface area contributed by atoms with Crippen molar-refractivity contribution >= 4 is 11.7 Å². The molecule has 0 aromatic carbocycles. The normalized spacial score (nSPS) is 19.3. The van der Waals surface area contributed by atoms with E-state index in [1.54, 1.807) is 13.3 Å². The minimum absolute atomic E-state index is 0.177. The average molecular weight is 437 g/mol. The molecule has 0 bridgehead atoms. The first-order valence-corrected chi connectivity index (χ1v) is 11.8. The molecular weight excluding hydrogens is 404 g/mol. The molecule has 32 heavy (non-hydrogen) atoms. The van der Waals surface area contributed by atoms with E-state index < -0.39 is 0 Å². The number of rotatable bonds is 5. The van der Waals surface area contributed by atoms with Crippen molar-refractivity contribution in [1.82, 2.24) is 14.9 Å². The largest absolute Gasteiger partial charge is 0.489 e. The maximum atomic E-state index is 12.9. The highest BCUT2D eigenvalue weighted by Gasteiger charge is 2.32. The van der Waals surface area contributed by atoms with E-state index in [0.29, 0.717) is 24.9 Å². The second-order valence-electron chi connectivity index (χ2n) is 9.25. The molecular formula is C25H32N4O3. The SMILES string of the molecule is COc1ccc(OC2CCN(c3nc4c(cc3C)CN(C(=O)C3CCCC3)C4)CC2)cn1. The smallest absolute Gasteiger partial charge is 0.226 e. The molecule has 1 saturated carbocycles. The van der Waals surface area contributed by atoms with E-state index in [0.717, 1.165) is 56.0 Å². The van der Waals surface area contributed by atoms with Crippen LogP contribution in [0.15, 0.2) is 24.4 Å². The van der Waals surface area contributed by atoms with Gasteiger partial charge in [0.05, 0.1) is 25.5 Å². The third-order valence-electron chi connectivity index (χ3n) is 7.04. The molecule has 2 aliphatic heterocycles. The van der Waals surface area contributed by atoms with Gasteiger partial charge < -0.3 is 19.3 Å². The Kier molecular flexibility index (Phi) is 5.89. The van der Waals surface area contributed by atoms with Crippen LogP contribution in [0.1, 0.15) is 55.3 Å². The molecule has 1 amide bonds. The number of amides is 1. The van der Waals surface area contributed by atoms with Gasteiger partial charge in [-0.1, -0.05) is 12.8 Å². The number of anilines is 1. The van der Waals surface area contributed by atoms with Gasteiger partial charge in [-0.15, -0.1) is 0 Å². The van der Waals surface area contributed by atoms with E-state index in [1.807, 2.05) is 17.0 Å². The number of nitrogens with zero attached hydrogens (tertiary/aromatic N) is 4. The summed E-state index contributed by atoms with van der Waals surface area (Å²) in [5, 5.41) is 0. The van der Waals surface area contributed by atoms with Gasteiger partial charge in [0.2, 0.25) is 11.8 Å². The molecule has 1 saturated heterocycles. The number of aryl methyl sites for hydroxylation is 1. The molecule has 170 valence electrons. The molecule has 0 atom stereocenters. The number of carbonyl (C=O) groups is 1. The van der Waals surface area contributed by atoms with E-state index in [1.165, 1.54) is 24.0 Å². The first-order valence-electron chi connectivity index (χ1n) is 11.8. The molecule has 5 rings (SSSR count). The standard InChI is InChI=1S/C25H32N4O3/c1-17-13-19-15-29(25(30)18-5-3-4-6-18)16-22(19)27-24(17)28-11-9-20(10-12-28)32-21-7-8-23(31-2)26-14-21/h7-8,13-14,18,20H,3-6,9-12,15-16H2,1-2H3. The number of aromatic nitrogens is 2. The number of fused-ring (bicyclic) bond motifs is 1. The molecule has 0 radical (unpaired) electrons. The van der Waals surface area contributed by atoms with Gasteiger partial charge >= 0.3 is 0 Å². The number of hydrogen-bond donors (Lipinski definition) is 0. The number of methoxy groups -OCH3 is 1. The number of piperidine rings is 1. The Balaban J connectivity index is 1.20. The molecule has 0 N–H and O–H groups in total. The van der Waals surface area contributed by atoms with Gasteiger partial charge in [-0.25, -0.2) is 9.97 Å². The zero-order valence-corrected chi connectivity index (χ0v) is 19.0. The lowest BCUT2D eigenvalue weighted by atomic mass is 10.1. The summed E-state index contributed by atoms with van der Waals surface area (Å²) in [6.07, 6.45) is 8.25. The minimum Gasteiger partial charge on any atom is -0.489 e. The Labute approximate surface area is 189 Å². The van der Waals surface area contributed by atoms with Gasteiger partial charge in [0.15, 0.2) is 0 Å². The zero-order chi connectivity index (χ0) is 22.1. The number of pyridine rings is 2. The van der Waals surface area contributed by atoms with Crippen LogP contribution in [-0.4, -0.2) is 47.1 Å². The first-order chi connectivity index (χ1) is 15.6. The second-order valence-corrected chi connectivity index (χ2v) is 9.25. The average Bonchev–Trinajstić information content (AvgIpc) is 3.49. The van der Waals surface area contributed by atoms with Crippen molar-refractivity contribution in [3.8, 4) is 11.6 Å². The van der Waals surface area contributed by atoms with Crippen LogP contribution in [0, 0.1) is 12.8 Å². The molecule has 4 heterocycles. The molecule has 2 aromatic rings. The third kappa shape index (κ3) is 4.25. The van der Waals surface area contributed by atoms with Crippen molar-refractivity contribution in [3.05, 3.63) is 41.2 Å². The Morgan fingerprint density at radius 2 is 1.88 bits per heavy atom. The van der Waals surface area contributed by atoms with E-state index in [9.17, 15) is 4.79 Å². The highest BCUT2D eigenvalue weighted by atomic mass is 16.5. The molecule has 0 spiro atoms. The van der Waals surface area contributed by atoms with Gasteiger partial charge in [0.25, 0.3) is 0 Å². The van der Waals surface area contributed by atoms with Gasteiger partial charge in [-0.3, -0.25) is 4.79 Å². The summed E-state index contributed by atoms with van der Waals surface area (Å²) < 4.78 is 11.2. The molecule has 7 heteroatoms. The maximum absolute atomic E-state index is 12.9. The lowest BCUT2D eigenvalue weighted by Gasteiger charge is -2.34. The Hall–Kier alpha value is -2.83. The molecule has 2 aromatic heterocycles. The van der Waals surface area contributed by atoms with Crippen LogP contribution in [0.5, 0.6) is 11.6 Å². The summed E-state index contributed by atoms with van der Waals surface area (Å²) in [5.74, 6) is 2.98. The third-order valence-corrected chi connectivity index (χ3v) is 7.04. The van der Waals surface area contributed by atoms with Gasteiger partial charge in [0.1, 0.15) is 17.7 Å². The van der Waals surface area contributed by atoms with Crippen LogP contribution in [0.4, 0.5) is 5.82 Å². The molecule has 1 aliphatic carbocycles. The van der Waals surface area contributed by atoms with Gasteiger partial charge in [-0.2, -0.15) is 0 Å². The molecule has 7 nitrogen and oxygen atoms in total. The maximum Gasteiger partial charge on any atom is 0.226 e. The Bertz CT molecular complexity index is 964. The van der Waals surface area contributed by atoms with Gasteiger partial charge in [-0.05, 0) is 43.0 Å². The van der Waals surface area contributed by atoms with Crippen molar-refractivity contribution in [1.29, 1.82) is 0 Å². The monoisotopic (exact) mass is 436 g/mol. The fraction of sp³-hybridized carbons (Fsp3) is 0.560. The van der Waals surface area contributed by atoms with Crippen LogP contribution in [0.25, 0.3) is 0 Å². The second kappa shape index (κ2) is 8.96. The highest BCUT2D eigenvalue weighted by Crippen LogP contribution is 2.33. The zero-order valence-electron chi connectivity index (χ0n) is 19.0. The Morgan fingerprint density at radius 1 is 1.09 bits per heavy atom. The van der Waals surface area contributed by atoms with Gasteiger partial charge in [0, 0.05) is 44.5 Å². The summed E-state index contributed by atoms with van der Waals surface area (Å²) in [6.45, 7) is 5.32. The summed E-state index contributed by atoms with van der Waals surface area (Å²) >= 11 is 0. The van der Waals surface area contributed by atoms with E-state index in [2.05, 4.69) is 22.9 Å². The van der Waals surface area contributed by atoms with Crippen LogP contribution in [-0.2, 0) is 17.9 Å². The highest BCUT2D eigenvalue weighted by molar-refractivity contribution is 5.79. The summed E-state index contributed by atoms with van der Waals surface area (Å²) in [5.41, 5.74) is 3.47. The fourth-order valence-corrected chi connectivity index (χ4v) is 5.26. The van der Waals surface area contributed by atoms with Crippen molar-refractivity contribution in [2.24, 2.45) is 5.92 Å². The Morgan fingerprint density at radius 3 is 2.56 bits per heavy atom. The molecule has 0 unspecified atom stereocenters. The molecule has 2 fully saturated rings. The first kappa shape index (κ1) is 21.0. The quantitative estimate of drug-likeness (QED) is 0.709. The number of ether oxygens (including phenoxy) is 2. The van der Waals surface area contributed by atoms with Crippen molar-refractivity contribution in [3.63, 3.8) is 0 Å². The predicted octanol–water partition coefficient (Wildman–Crippen LogP) is 3.87. The lowest BCUT2D eigenvalue weighted by Crippen LogP contribution is -2.39. The predicted molar refractivity (Wildman–Crippen MR) is 122 cm³/mol. The number of hydrogen-bond acceptors (Lipinski definition) is 6. The summed E-state index contributed by atoms with van der Waals surface area (Å²) in [4.78, 5) is 26.5. The van der Waals surface area contributed by atoms with Crippen LogP contribution < -0.4 is 14.4 Å².